The van der Waals surface area contributed by atoms with E-state index in [0.717, 1.165) is 0 Å². The fourth-order valence-electron chi connectivity index (χ4n) is 4.92. The molecule has 0 aliphatic carbocycles. The van der Waals surface area contributed by atoms with Crippen LogP contribution in [0.15, 0.2) is 70.0 Å². The molecule has 0 spiro atoms. The van der Waals surface area contributed by atoms with E-state index >= 15 is 0 Å². The van der Waals surface area contributed by atoms with E-state index in [9.17, 15) is 0 Å². The number of hydrogen-bond acceptors (Lipinski definition) is 0. The van der Waals surface area contributed by atoms with Crippen LogP contribution in [0.1, 0.15) is 62.3 Å². The predicted molar refractivity (Wildman–Crippen MR) is 136 cm³/mol. The van der Waals surface area contributed by atoms with Crippen molar-refractivity contribution in [2.45, 2.75) is 70.9 Å². The van der Waals surface area contributed by atoms with Gasteiger partial charge in [0.15, 0.2) is 0 Å². The molecule has 0 radical (unpaired) electrons. The predicted octanol–water partition coefficient (Wildman–Crippen LogP) is 7.13. The van der Waals surface area contributed by atoms with Crippen molar-refractivity contribution in [3.8, 4) is 0 Å². The Morgan fingerprint density at radius 3 is 1.31 bits per heavy atom. The molecule has 0 unspecified atom stereocenters. The fourth-order valence-corrected chi connectivity index (χ4v) is 29.6. The zero-order valence-electron chi connectivity index (χ0n) is 19.8. The quantitative estimate of drug-likeness (QED) is 0.404. The van der Waals surface area contributed by atoms with Crippen molar-refractivity contribution in [1.82, 2.24) is 0 Å². The average molecular weight is 486 g/mol. The molecule has 0 N–H and O–H groups in total. The van der Waals surface area contributed by atoms with E-state index in [-0.39, 0.29) is 14.0 Å². The third kappa shape index (κ3) is 6.04. The van der Waals surface area contributed by atoms with Crippen molar-refractivity contribution in [2.75, 3.05) is 0 Å². The van der Waals surface area contributed by atoms with Gasteiger partial charge in [-0.15, -0.1) is 0 Å². The van der Waals surface area contributed by atoms with Gasteiger partial charge in [0.05, 0.1) is 0 Å². The molecule has 156 valence electrons. The molecule has 0 saturated heterocycles. The van der Waals surface area contributed by atoms with E-state index in [4.69, 9.17) is 10.0 Å². The van der Waals surface area contributed by atoms with Crippen molar-refractivity contribution < 1.29 is 0 Å². The fraction of sp³-hybridized carbons (Fsp3) is 0.462. The zero-order chi connectivity index (χ0) is 22.1. The van der Waals surface area contributed by atoms with Crippen LogP contribution in [-0.2, 0) is 0 Å². The Morgan fingerprint density at radius 1 is 0.690 bits per heavy atom. The second kappa shape index (κ2) is 8.96. The molecule has 2 aromatic carbocycles. The molecule has 2 rings (SSSR count). The van der Waals surface area contributed by atoms with Crippen molar-refractivity contribution >= 4 is 45.3 Å². The van der Waals surface area contributed by atoms with E-state index in [1.54, 1.807) is 3.27 Å². The maximum absolute atomic E-state index is 8.02. The molecule has 3 heteroatoms. The van der Waals surface area contributed by atoms with Crippen molar-refractivity contribution in [3.63, 3.8) is 0 Å². The van der Waals surface area contributed by atoms with E-state index < -0.39 is 26.5 Å². The van der Waals surface area contributed by atoms with E-state index in [1.165, 1.54) is 8.79 Å². The van der Waals surface area contributed by atoms with Gasteiger partial charge in [-0.3, -0.25) is 0 Å². The minimum atomic E-state index is -3.32. The summed E-state index contributed by atoms with van der Waals surface area (Å²) in [6.45, 7) is 21.5. The van der Waals surface area contributed by atoms with Crippen LogP contribution in [0.4, 0.5) is 0 Å². The molecular formula is C26H38AlClGe. The van der Waals surface area contributed by atoms with Gasteiger partial charge in [-0.2, -0.15) is 0 Å². The van der Waals surface area contributed by atoms with Gasteiger partial charge in [0.25, 0.3) is 0 Å². The van der Waals surface area contributed by atoms with Gasteiger partial charge in [-0.25, -0.2) is 0 Å². The topological polar surface area (TPSA) is 0 Å². The molecule has 2 aromatic rings. The monoisotopic (exact) mass is 486 g/mol. The van der Waals surface area contributed by atoms with Crippen molar-refractivity contribution in [2.24, 2.45) is 5.41 Å². The van der Waals surface area contributed by atoms with Crippen molar-refractivity contribution in [3.05, 3.63) is 70.0 Å². The number of rotatable bonds is 4. The average Bonchev–Trinajstić information content (AvgIpc) is 2.58. The van der Waals surface area contributed by atoms with Gasteiger partial charge in [-0.1, -0.05) is 0 Å². The third-order valence-electron chi connectivity index (χ3n) is 5.37. The Labute approximate surface area is 190 Å². The number of hydrogen-bond donors (Lipinski definition) is 0. The normalized spacial score (nSPS) is 14.1. The molecule has 0 fully saturated rings. The summed E-state index contributed by atoms with van der Waals surface area (Å²) < 4.78 is 4.80. The first kappa shape index (κ1) is 24.8. The van der Waals surface area contributed by atoms with Gasteiger partial charge < -0.3 is 0 Å². The van der Waals surface area contributed by atoms with Crippen LogP contribution >= 0.6 is 10.0 Å². The van der Waals surface area contributed by atoms with Crippen LogP contribution in [0.3, 0.4) is 0 Å². The first-order chi connectivity index (χ1) is 13.2. The van der Waals surface area contributed by atoms with Crippen LogP contribution in [0.5, 0.6) is 0 Å². The van der Waals surface area contributed by atoms with E-state index in [1.807, 2.05) is 0 Å². The molecule has 29 heavy (non-hydrogen) atoms. The molecule has 0 aromatic heterocycles. The van der Waals surface area contributed by atoms with Gasteiger partial charge in [0, 0.05) is 0 Å². The second-order valence-corrected chi connectivity index (χ2v) is 27.0. The Kier molecular flexibility index (Phi) is 7.67. The van der Waals surface area contributed by atoms with Crippen LogP contribution in [0, 0.1) is 5.41 Å². The zero-order valence-corrected chi connectivity index (χ0v) is 23.8. The van der Waals surface area contributed by atoms with E-state index in [0.29, 0.717) is 0 Å². The van der Waals surface area contributed by atoms with Crippen LogP contribution in [0.25, 0.3) is 0 Å². The summed E-state index contributed by atoms with van der Waals surface area (Å²) in [5.74, 6) is 0. The molecule has 0 bridgehead atoms. The van der Waals surface area contributed by atoms with Gasteiger partial charge >= 0.3 is 192 Å². The first-order valence-corrected chi connectivity index (χ1v) is 18.3. The molecule has 0 aliphatic rings. The summed E-state index contributed by atoms with van der Waals surface area (Å²) >= 11 is -4.79. The van der Waals surface area contributed by atoms with Gasteiger partial charge in [0.1, 0.15) is 0 Å². The Hall–Kier alpha value is -0.455. The molecule has 0 amide bonds. The Bertz CT molecular complexity index is 767. The molecule has 0 heterocycles. The molecule has 0 atom stereocenters. The molecular weight excluding hydrogens is 447 g/mol. The Balaban J connectivity index is 2.95. The van der Waals surface area contributed by atoms with Crippen LogP contribution in [-0.4, -0.2) is 26.5 Å². The SMILES string of the molecule is CC(C)(C)/C=[C](\[Al]([C](C)(C)C)[C](C)(C)C)[Ge]([Cl])([c]1ccccc1)[c]1ccccc1. The number of benzene rings is 2. The van der Waals surface area contributed by atoms with Crippen LogP contribution < -0.4 is 8.79 Å². The van der Waals surface area contributed by atoms with Gasteiger partial charge in [0.2, 0.25) is 0 Å². The second-order valence-electron chi connectivity index (χ2n) is 11.5. The van der Waals surface area contributed by atoms with E-state index in [2.05, 4.69) is 129 Å². The summed E-state index contributed by atoms with van der Waals surface area (Å²) in [5.41, 5.74) is 0.0893. The minimum absolute atomic E-state index is 0.0893. The molecule has 0 aliphatic heterocycles. The van der Waals surface area contributed by atoms with Gasteiger partial charge in [-0.05, 0) is 0 Å². The Morgan fingerprint density at radius 2 is 1.03 bits per heavy atom. The summed E-state index contributed by atoms with van der Waals surface area (Å²) in [5, 5.41) is 0. The third-order valence-corrected chi connectivity index (χ3v) is 24.8. The summed E-state index contributed by atoms with van der Waals surface area (Å²) in [7, 11) is 8.02. The maximum atomic E-state index is 8.02. The first-order valence-electron chi connectivity index (χ1n) is 10.7. The molecule has 0 nitrogen and oxygen atoms in total. The number of halogens is 1. The standard InChI is InChI=1S/C18H20ClGe.2C4H9.Al/c1-18(2,3)14-15-20(19,16-10-6-4-7-11-16)17-12-8-5-9-13-17;2*1-4(2)3;/h4-14H,1-3H3;2*1-3H3;. The molecule has 0 saturated carbocycles. The summed E-state index contributed by atoms with van der Waals surface area (Å²) in [4.78, 5) is 0. The van der Waals surface area contributed by atoms with Crippen molar-refractivity contribution in [1.29, 1.82) is 0 Å². The summed E-state index contributed by atoms with van der Waals surface area (Å²) in [6, 6.07) is 21.9. The summed E-state index contributed by atoms with van der Waals surface area (Å²) in [6.07, 6.45) is 2.58. The number of allylic oxidation sites excluding steroid dienone is 1. The van der Waals surface area contributed by atoms with Crippen LogP contribution in [0.2, 0.25) is 8.55 Å².